The summed E-state index contributed by atoms with van der Waals surface area (Å²) in [5.74, 6) is 2.79. The van der Waals surface area contributed by atoms with E-state index in [9.17, 15) is 0 Å². The smallest absolute Gasteiger partial charge is 0.134 e. The van der Waals surface area contributed by atoms with Crippen molar-refractivity contribution in [1.29, 1.82) is 0 Å². The summed E-state index contributed by atoms with van der Waals surface area (Å²) in [7, 11) is 1.89. The van der Waals surface area contributed by atoms with Crippen LogP contribution in [-0.4, -0.2) is 29.6 Å². The van der Waals surface area contributed by atoms with Gasteiger partial charge in [-0.2, -0.15) is 0 Å². The Kier molecular flexibility index (Phi) is 4.52. The molecule has 1 aromatic heterocycles. The Balaban J connectivity index is 3.10. The molecule has 1 N–H and O–H groups in total. The molecule has 1 rings (SSSR count). The number of aromatic nitrogens is 2. The molecule has 0 aliphatic carbocycles. The maximum Gasteiger partial charge on any atom is 0.134 e. The zero-order valence-corrected chi connectivity index (χ0v) is 10.9. The summed E-state index contributed by atoms with van der Waals surface area (Å²) in [5.41, 5.74) is 0. The highest BCUT2D eigenvalue weighted by atomic mass is 15.2. The van der Waals surface area contributed by atoms with Gasteiger partial charge in [-0.05, 0) is 20.8 Å². The highest BCUT2D eigenvalue weighted by Crippen LogP contribution is 2.18. The Bertz CT molecular complexity index is 314. The van der Waals surface area contributed by atoms with E-state index in [4.69, 9.17) is 0 Å². The number of nitrogens with zero attached hydrogens (tertiary/aromatic N) is 3. The first-order chi connectivity index (χ1) is 7.62. The summed E-state index contributed by atoms with van der Waals surface area (Å²) in [5, 5.41) is 3.08. The second-order valence-electron chi connectivity index (χ2n) is 4.01. The Morgan fingerprint density at radius 2 is 2.00 bits per heavy atom. The topological polar surface area (TPSA) is 41.1 Å². The van der Waals surface area contributed by atoms with Crippen molar-refractivity contribution in [3.05, 3.63) is 11.9 Å². The first-order valence-corrected chi connectivity index (χ1v) is 5.94. The number of hydrogen-bond acceptors (Lipinski definition) is 4. The molecule has 0 aromatic carbocycles. The molecule has 0 saturated heterocycles. The fourth-order valence-electron chi connectivity index (χ4n) is 1.71. The Morgan fingerprint density at radius 3 is 2.44 bits per heavy atom. The number of anilines is 2. The highest BCUT2D eigenvalue weighted by Gasteiger charge is 2.12. The van der Waals surface area contributed by atoms with Crippen LogP contribution in [0.4, 0.5) is 11.6 Å². The van der Waals surface area contributed by atoms with Crippen molar-refractivity contribution in [3.8, 4) is 0 Å². The van der Waals surface area contributed by atoms with Gasteiger partial charge in [-0.1, -0.05) is 6.92 Å². The van der Waals surface area contributed by atoms with Crippen molar-refractivity contribution >= 4 is 11.6 Å². The van der Waals surface area contributed by atoms with E-state index in [0.717, 1.165) is 30.4 Å². The lowest BCUT2D eigenvalue weighted by molar-refractivity contribution is 0.688. The van der Waals surface area contributed by atoms with Crippen LogP contribution in [0.1, 0.15) is 33.5 Å². The van der Waals surface area contributed by atoms with Gasteiger partial charge in [-0.3, -0.25) is 0 Å². The fourth-order valence-corrected chi connectivity index (χ4v) is 1.71. The quantitative estimate of drug-likeness (QED) is 0.830. The second kappa shape index (κ2) is 5.68. The zero-order valence-electron chi connectivity index (χ0n) is 10.9. The molecular formula is C12H22N4. The molecule has 16 heavy (non-hydrogen) atoms. The predicted octanol–water partition coefficient (Wildman–Crippen LogP) is 2.32. The van der Waals surface area contributed by atoms with Crippen LogP contribution in [0.25, 0.3) is 0 Å². The zero-order chi connectivity index (χ0) is 12.1. The lowest BCUT2D eigenvalue weighted by Gasteiger charge is -2.26. The number of rotatable bonds is 5. The molecule has 1 aromatic rings. The van der Waals surface area contributed by atoms with E-state index in [1.54, 1.807) is 0 Å². The van der Waals surface area contributed by atoms with Gasteiger partial charge in [0, 0.05) is 32.1 Å². The summed E-state index contributed by atoms with van der Waals surface area (Å²) < 4.78 is 0. The lowest BCUT2D eigenvalue weighted by atomic mass is 10.3. The van der Waals surface area contributed by atoms with Crippen LogP contribution < -0.4 is 10.2 Å². The van der Waals surface area contributed by atoms with E-state index in [1.807, 2.05) is 13.1 Å². The molecule has 0 atom stereocenters. The van der Waals surface area contributed by atoms with Crippen LogP contribution in [0.15, 0.2) is 6.07 Å². The van der Waals surface area contributed by atoms with Gasteiger partial charge >= 0.3 is 0 Å². The van der Waals surface area contributed by atoms with Crippen LogP contribution in [-0.2, 0) is 6.42 Å². The third-order valence-corrected chi connectivity index (χ3v) is 2.59. The van der Waals surface area contributed by atoms with E-state index in [1.165, 1.54) is 0 Å². The lowest BCUT2D eigenvalue weighted by Crippen LogP contribution is -2.31. The van der Waals surface area contributed by atoms with Crippen LogP contribution in [0.5, 0.6) is 0 Å². The average molecular weight is 222 g/mol. The molecule has 90 valence electrons. The standard InChI is InChI=1S/C12H22N4/c1-6-10-14-11(13-5)8-12(15-10)16(7-2)9(3)4/h8-9H,6-7H2,1-5H3,(H,13,14,15). The molecule has 0 radical (unpaired) electrons. The molecule has 0 amide bonds. The van der Waals surface area contributed by atoms with Gasteiger partial charge in [0.2, 0.25) is 0 Å². The molecular weight excluding hydrogens is 200 g/mol. The normalized spacial score (nSPS) is 10.6. The van der Waals surface area contributed by atoms with Gasteiger partial charge in [0.1, 0.15) is 17.5 Å². The first-order valence-electron chi connectivity index (χ1n) is 5.94. The summed E-state index contributed by atoms with van der Waals surface area (Å²) in [6.45, 7) is 9.53. The number of aryl methyl sites for hydroxylation is 1. The summed E-state index contributed by atoms with van der Waals surface area (Å²) >= 11 is 0. The van der Waals surface area contributed by atoms with E-state index in [2.05, 4.69) is 47.9 Å². The van der Waals surface area contributed by atoms with Gasteiger partial charge in [0.15, 0.2) is 0 Å². The highest BCUT2D eigenvalue weighted by molar-refractivity contribution is 5.49. The third-order valence-electron chi connectivity index (χ3n) is 2.59. The Morgan fingerprint density at radius 1 is 1.31 bits per heavy atom. The van der Waals surface area contributed by atoms with Crippen LogP contribution in [0.2, 0.25) is 0 Å². The minimum Gasteiger partial charge on any atom is -0.373 e. The van der Waals surface area contributed by atoms with Gasteiger partial charge in [0.05, 0.1) is 0 Å². The van der Waals surface area contributed by atoms with Crippen molar-refractivity contribution in [3.63, 3.8) is 0 Å². The summed E-state index contributed by atoms with van der Waals surface area (Å²) in [6.07, 6.45) is 0.859. The van der Waals surface area contributed by atoms with Crippen molar-refractivity contribution < 1.29 is 0 Å². The summed E-state index contributed by atoms with van der Waals surface area (Å²) in [4.78, 5) is 11.2. The van der Waals surface area contributed by atoms with Gasteiger partial charge in [0.25, 0.3) is 0 Å². The van der Waals surface area contributed by atoms with Gasteiger partial charge in [-0.15, -0.1) is 0 Å². The van der Waals surface area contributed by atoms with Crippen molar-refractivity contribution in [2.75, 3.05) is 23.8 Å². The molecule has 0 unspecified atom stereocenters. The van der Waals surface area contributed by atoms with E-state index in [0.29, 0.717) is 6.04 Å². The maximum atomic E-state index is 4.57. The monoisotopic (exact) mass is 222 g/mol. The van der Waals surface area contributed by atoms with Gasteiger partial charge in [-0.25, -0.2) is 9.97 Å². The van der Waals surface area contributed by atoms with Gasteiger partial charge < -0.3 is 10.2 Å². The molecule has 0 spiro atoms. The minimum atomic E-state index is 0.453. The first kappa shape index (κ1) is 12.7. The molecule has 0 bridgehead atoms. The summed E-state index contributed by atoms with van der Waals surface area (Å²) in [6, 6.07) is 2.46. The average Bonchev–Trinajstić information content (AvgIpc) is 2.29. The molecule has 1 heterocycles. The van der Waals surface area contributed by atoms with Crippen LogP contribution in [0.3, 0.4) is 0 Å². The van der Waals surface area contributed by atoms with Crippen LogP contribution >= 0.6 is 0 Å². The molecule has 4 heteroatoms. The van der Waals surface area contributed by atoms with E-state index >= 15 is 0 Å². The Hall–Kier alpha value is -1.32. The van der Waals surface area contributed by atoms with Crippen molar-refractivity contribution in [1.82, 2.24) is 9.97 Å². The molecule has 0 aliphatic heterocycles. The fraction of sp³-hybridized carbons (Fsp3) is 0.667. The molecule has 4 nitrogen and oxygen atoms in total. The molecule has 0 saturated carbocycles. The second-order valence-corrected chi connectivity index (χ2v) is 4.01. The van der Waals surface area contributed by atoms with E-state index in [-0.39, 0.29) is 0 Å². The SMILES string of the molecule is CCc1nc(NC)cc(N(CC)C(C)C)n1. The van der Waals surface area contributed by atoms with E-state index < -0.39 is 0 Å². The predicted molar refractivity (Wildman–Crippen MR) is 69.1 cm³/mol. The Labute approximate surface area is 98.1 Å². The van der Waals surface area contributed by atoms with Crippen molar-refractivity contribution in [2.45, 2.75) is 40.2 Å². The third kappa shape index (κ3) is 2.84. The number of hydrogen-bond donors (Lipinski definition) is 1. The molecule has 0 fully saturated rings. The van der Waals surface area contributed by atoms with Crippen LogP contribution in [0, 0.1) is 0 Å². The van der Waals surface area contributed by atoms with Crippen molar-refractivity contribution in [2.24, 2.45) is 0 Å². The largest absolute Gasteiger partial charge is 0.373 e. The maximum absolute atomic E-state index is 4.57. The minimum absolute atomic E-state index is 0.453. The molecule has 0 aliphatic rings. The number of nitrogens with one attached hydrogen (secondary N) is 1.